The Hall–Kier alpha value is -0.770. The van der Waals surface area contributed by atoms with Gasteiger partial charge in [0.25, 0.3) is 0 Å². The first-order valence-electron chi connectivity index (χ1n) is 8.24. The Morgan fingerprint density at radius 1 is 1.20 bits per heavy atom. The van der Waals surface area contributed by atoms with Crippen molar-refractivity contribution in [3.63, 3.8) is 0 Å². The highest BCUT2D eigenvalue weighted by Gasteiger charge is 2.20. The van der Waals surface area contributed by atoms with Gasteiger partial charge in [0, 0.05) is 6.54 Å². The monoisotopic (exact) mass is 288 g/mol. The van der Waals surface area contributed by atoms with Gasteiger partial charge < -0.3 is 15.4 Å². The third kappa shape index (κ3) is 11.1. The number of primary amides is 1. The minimum atomic E-state index is -0.668. The highest BCUT2D eigenvalue weighted by Crippen LogP contribution is 2.24. The average Bonchev–Trinajstić information content (AvgIpc) is 2.48. The van der Waals surface area contributed by atoms with Gasteiger partial charge in [-0.15, -0.1) is 0 Å². The Kier molecular flexibility index (Phi) is 15.8. The van der Waals surface area contributed by atoms with Gasteiger partial charge in [-0.1, -0.05) is 41.5 Å². The van der Waals surface area contributed by atoms with Gasteiger partial charge in [-0.2, -0.15) is 0 Å². The van der Waals surface area contributed by atoms with E-state index in [4.69, 9.17) is 10.5 Å². The summed E-state index contributed by atoms with van der Waals surface area (Å²) < 4.78 is 4.70. The predicted molar refractivity (Wildman–Crippen MR) is 86.9 cm³/mol. The van der Waals surface area contributed by atoms with Crippen molar-refractivity contribution in [2.24, 2.45) is 17.6 Å². The van der Waals surface area contributed by atoms with E-state index in [9.17, 15) is 4.79 Å². The molecule has 4 heteroatoms. The standard InChI is InChI=1S/C12H24N2O2.2C2H6/c1-10(2)11-4-7-14(8-5-11)6-3-9-16-12(13)15;2*1-2/h10-11H,3-9H2,1-2H3,(H2,13,15);2*1-2H3. The molecule has 2 N–H and O–H groups in total. The number of hydrogen-bond acceptors (Lipinski definition) is 3. The predicted octanol–water partition coefficient (Wildman–Crippen LogP) is 3.89. The average molecular weight is 288 g/mol. The van der Waals surface area contributed by atoms with Crippen molar-refractivity contribution in [3.05, 3.63) is 0 Å². The summed E-state index contributed by atoms with van der Waals surface area (Å²) in [5.41, 5.74) is 4.89. The molecule has 1 aliphatic heterocycles. The first kappa shape index (κ1) is 21.5. The van der Waals surface area contributed by atoms with Crippen molar-refractivity contribution in [2.45, 2.75) is 60.8 Å². The summed E-state index contributed by atoms with van der Waals surface area (Å²) in [6.07, 6.45) is 2.82. The van der Waals surface area contributed by atoms with Crippen LogP contribution in [-0.2, 0) is 4.74 Å². The Morgan fingerprint density at radius 3 is 2.10 bits per heavy atom. The van der Waals surface area contributed by atoms with Crippen LogP contribution >= 0.6 is 0 Å². The number of ether oxygens (including phenoxy) is 1. The highest BCUT2D eigenvalue weighted by molar-refractivity contribution is 5.64. The van der Waals surface area contributed by atoms with E-state index in [1.54, 1.807) is 0 Å². The first-order chi connectivity index (χ1) is 9.59. The molecule has 1 saturated heterocycles. The Morgan fingerprint density at radius 2 is 1.70 bits per heavy atom. The number of nitrogens with two attached hydrogens (primary N) is 1. The molecule has 0 aliphatic carbocycles. The zero-order chi connectivity index (χ0) is 16.0. The molecule has 0 radical (unpaired) electrons. The van der Waals surface area contributed by atoms with E-state index in [2.05, 4.69) is 18.7 Å². The van der Waals surface area contributed by atoms with Gasteiger partial charge in [0.15, 0.2) is 0 Å². The van der Waals surface area contributed by atoms with Crippen LogP contribution in [0.5, 0.6) is 0 Å². The molecule has 0 aromatic carbocycles. The molecule has 1 fully saturated rings. The van der Waals surface area contributed by atoms with E-state index < -0.39 is 6.09 Å². The Balaban J connectivity index is 0. The molecule has 1 amide bonds. The van der Waals surface area contributed by atoms with Crippen LogP contribution in [-0.4, -0.2) is 37.2 Å². The van der Waals surface area contributed by atoms with Crippen molar-refractivity contribution in [2.75, 3.05) is 26.2 Å². The summed E-state index contributed by atoms with van der Waals surface area (Å²) in [5, 5.41) is 0. The third-order valence-corrected chi connectivity index (χ3v) is 3.44. The fraction of sp³-hybridized carbons (Fsp3) is 0.938. The van der Waals surface area contributed by atoms with Crippen LogP contribution in [0, 0.1) is 11.8 Å². The van der Waals surface area contributed by atoms with Crippen LogP contribution in [0.15, 0.2) is 0 Å². The molecule has 0 unspecified atom stereocenters. The largest absolute Gasteiger partial charge is 0.450 e. The lowest BCUT2D eigenvalue weighted by molar-refractivity contribution is 0.129. The number of carbonyl (C=O) groups excluding carboxylic acids is 1. The summed E-state index contributed by atoms with van der Waals surface area (Å²) >= 11 is 0. The zero-order valence-electron chi connectivity index (χ0n) is 14.4. The SMILES string of the molecule is CC.CC.CC(C)C1CCN(CCCOC(N)=O)CC1. The zero-order valence-corrected chi connectivity index (χ0v) is 14.4. The number of rotatable bonds is 5. The van der Waals surface area contributed by atoms with E-state index in [0.717, 1.165) is 24.8 Å². The fourth-order valence-electron chi connectivity index (χ4n) is 2.30. The third-order valence-electron chi connectivity index (χ3n) is 3.44. The van der Waals surface area contributed by atoms with Crippen LogP contribution < -0.4 is 5.73 Å². The van der Waals surface area contributed by atoms with E-state index in [-0.39, 0.29) is 0 Å². The second-order valence-corrected chi connectivity index (χ2v) is 4.94. The molecule has 0 spiro atoms. The van der Waals surface area contributed by atoms with Crippen molar-refractivity contribution in [1.29, 1.82) is 0 Å². The molecular formula is C16H36N2O2. The minimum absolute atomic E-state index is 0.444. The normalized spacial score (nSPS) is 15.8. The number of piperidine rings is 1. The number of likely N-dealkylation sites (tertiary alicyclic amines) is 1. The molecule has 0 bridgehead atoms. The van der Waals surface area contributed by atoms with E-state index in [1.807, 2.05) is 27.7 Å². The van der Waals surface area contributed by atoms with Gasteiger partial charge in [0.1, 0.15) is 0 Å². The summed E-state index contributed by atoms with van der Waals surface area (Å²) in [4.78, 5) is 12.8. The topological polar surface area (TPSA) is 55.6 Å². The molecule has 1 heterocycles. The summed E-state index contributed by atoms with van der Waals surface area (Å²) in [6.45, 7) is 16.4. The molecule has 122 valence electrons. The van der Waals surface area contributed by atoms with Crippen LogP contribution in [0.1, 0.15) is 60.8 Å². The lowest BCUT2D eigenvalue weighted by atomic mass is 9.87. The molecule has 4 nitrogen and oxygen atoms in total. The van der Waals surface area contributed by atoms with Crippen LogP contribution in [0.25, 0.3) is 0 Å². The van der Waals surface area contributed by atoms with E-state index in [0.29, 0.717) is 6.61 Å². The molecule has 1 rings (SSSR count). The molecule has 20 heavy (non-hydrogen) atoms. The molecule has 0 atom stereocenters. The smallest absolute Gasteiger partial charge is 0.404 e. The van der Waals surface area contributed by atoms with E-state index >= 15 is 0 Å². The first-order valence-corrected chi connectivity index (χ1v) is 8.24. The van der Waals surface area contributed by atoms with Gasteiger partial charge in [-0.3, -0.25) is 0 Å². The number of nitrogens with zero attached hydrogens (tertiary/aromatic N) is 1. The van der Waals surface area contributed by atoms with Crippen molar-refractivity contribution in [3.8, 4) is 0 Å². The highest BCUT2D eigenvalue weighted by atomic mass is 16.5. The summed E-state index contributed by atoms with van der Waals surface area (Å²) in [7, 11) is 0. The number of hydrogen-bond donors (Lipinski definition) is 1. The lowest BCUT2D eigenvalue weighted by Gasteiger charge is -2.33. The quantitative estimate of drug-likeness (QED) is 0.781. The molecule has 1 aliphatic rings. The maximum atomic E-state index is 10.4. The van der Waals surface area contributed by atoms with Crippen molar-refractivity contribution >= 4 is 6.09 Å². The van der Waals surface area contributed by atoms with Crippen LogP contribution in [0.4, 0.5) is 4.79 Å². The number of amides is 1. The van der Waals surface area contributed by atoms with E-state index in [1.165, 1.54) is 25.9 Å². The lowest BCUT2D eigenvalue weighted by Crippen LogP contribution is -2.36. The minimum Gasteiger partial charge on any atom is -0.450 e. The van der Waals surface area contributed by atoms with Crippen molar-refractivity contribution in [1.82, 2.24) is 4.90 Å². The summed E-state index contributed by atoms with van der Waals surface area (Å²) in [5.74, 6) is 1.69. The Labute approximate surface area is 126 Å². The fourth-order valence-corrected chi connectivity index (χ4v) is 2.30. The van der Waals surface area contributed by atoms with Gasteiger partial charge in [-0.25, -0.2) is 4.79 Å². The van der Waals surface area contributed by atoms with Crippen molar-refractivity contribution < 1.29 is 9.53 Å². The second kappa shape index (κ2) is 14.6. The molecule has 0 saturated carbocycles. The van der Waals surface area contributed by atoms with Crippen LogP contribution in [0.2, 0.25) is 0 Å². The number of carbonyl (C=O) groups is 1. The van der Waals surface area contributed by atoms with Gasteiger partial charge in [-0.05, 0) is 44.2 Å². The van der Waals surface area contributed by atoms with Gasteiger partial charge >= 0.3 is 6.09 Å². The van der Waals surface area contributed by atoms with Crippen LogP contribution in [0.3, 0.4) is 0 Å². The second-order valence-electron chi connectivity index (χ2n) is 4.94. The molecule has 0 aromatic rings. The summed E-state index contributed by atoms with van der Waals surface area (Å²) in [6, 6.07) is 0. The van der Waals surface area contributed by atoms with Gasteiger partial charge in [0.2, 0.25) is 0 Å². The van der Waals surface area contributed by atoms with Gasteiger partial charge in [0.05, 0.1) is 6.61 Å². The molecular weight excluding hydrogens is 252 g/mol. The maximum absolute atomic E-state index is 10.4. The maximum Gasteiger partial charge on any atom is 0.404 e. The Bertz CT molecular complexity index is 213. The molecule has 0 aromatic heterocycles.